The maximum absolute atomic E-state index is 12.4. The smallest absolute Gasteiger partial charge is 0.222 e. The van der Waals surface area contributed by atoms with Crippen LogP contribution in [0.1, 0.15) is 31.2 Å². The Kier molecular flexibility index (Phi) is 6.07. The predicted molar refractivity (Wildman–Crippen MR) is 87.7 cm³/mol. The highest BCUT2D eigenvalue weighted by atomic mass is 35.5. The highest BCUT2D eigenvalue weighted by Crippen LogP contribution is 2.19. The number of hydrogen-bond donors (Lipinski definition) is 0. The lowest BCUT2D eigenvalue weighted by Crippen LogP contribution is -2.33. The summed E-state index contributed by atoms with van der Waals surface area (Å²) in [6, 6.07) is 8.38. The molecule has 0 unspecified atom stereocenters. The quantitative estimate of drug-likeness (QED) is 0.852. The Morgan fingerprint density at radius 3 is 2.76 bits per heavy atom. The van der Waals surface area contributed by atoms with Crippen LogP contribution in [0.2, 0.25) is 5.02 Å². The van der Waals surface area contributed by atoms with Crippen molar-refractivity contribution >= 4 is 17.5 Å². The second kappa shape index (κ2) is 7.81. The van der Waals surface area contributed by atoms with Crippen molar-refractivity contribution in [2.45, 2.75) is 38.1 Å². The highest BCUT2D eigenvalue weighted by molar-refractivity contribution is 6.31. The van der Waals surface area contributed by atoms with E-state index in [2.05, 4.69) is 19.0 Å². The van der Waals surface area contributed by atoms with E-state index in [1.165, 1.54) is 6.42 Å². The second-order valence-electron chi connectivity index (χ2n) is 6.02. The molecule has 3 nitrogen and oxygen atoms in total. The first-order valence-corrected chi connectivity index (χ1v) is 8.13. The first kappa shape index (κ1) is 16.3. The Labute approximate surface area is 132 Å². The van der Waals surface area contributed by atoms with Crippen LogP contribution in [0.4, 0.5) is 0 Å². The molecule has 1 amide bonds. The fourth-order valence-electron chi connectivity index (χ4n) is 2.95. The number of likely N-dealkylation sites (tertiary alicyclic amines) is 1. The number of benzene rings is 1. The molecule has 0 aromatic heterocycles. The minimum absolute atomic E-state index is 0.259. The Morgan fingerprint density at radius 1 is 1.29 bits per heavy atom. The molecule has 0 saturated carbocycles. The van der Waals surface area contributed by atoms with E-state index in [-0.39, 0.29) is 5.91 Å². The van der Waals surface area contributed by atoms with Crippen molar-refractivity contribution in [1.29, 1.82) is 0 Å². The Bertz CT molecular complexity index is 476. The van der Waals surface area contributed by atoms with E-state index in [1.807, 2.05) is 29.2 Å². The van der Waals surface area contributed by atoms with Crippen molar-refractivity contribution in [3.8, 4) is 0 Å². The molecule has 2 rings (SSSR count). The van der Waals surface area contributed by atoms with E-state index in [0.29, 0.717) is 12.5 Å². The zero-order valence-electron chi connectivity index (χ0n) is 13.0. The second-order valence-corrected chi connectivity index (χ2v) is 6.43. The fourth-order valence-corrected chi connectivity index (χ4v) is 3.18. The molecule has 21 heavy (non-hydrogen) atoms. The molecule has 116 valence electrons. The molecule has 0 N–H and O–H groups in total. The Hall–Kier alpha value is -1.06. The van der Waals surface area contributed by atoms with Crippen molar-refractivity contribution in [3.05, 3.63) is 34.9 Å². The van der Waals surface area contributed by atoms with E-state index in [1.54, 1.807) is 0 Å². The molecule has 1 aromatic rings. The first-order valence-electron chi connectivity index (χ1n) is 7.75. The van der Waals surface area contributed by atoms with Crippen LogP contribution in [0.3, 0.4) is 0 Å². The fraction of sp³-hybridized carbons (Fsp3) is 0.588. The van der Waals surface area contributed by atoms with Crippen molar-refractivity contribution in [2.24, 2.45) is 0 Å². The minimum atomic E-state index is 0.259. The van der Waals surface area contributed by atoms with Crippen LogP contribution >= 0.6 is 11.6 Å². The van der Waals surface area contributed by atoms with Crippen LogP contribution in [-0.2, 0) is 11.2 Å². The van der Waals surface area contributed by atoms with Gasteiger partial charge in [0.1, 0.15) is 0 Å². The third kappa shape index (κ3) is 4.72. The average Bonchev–Trinajstić information content (AvgIpc) is 2.72. The molecule has 0 aliphatic carbocycles. The summed E-state index contributed by atoms with van der Waals surface area (Å²) in [5.74, 6) is 0.259. The zero-order chi connectivity index (χ0) is 15.2. The summed E-state index contributed by atoms with van der Waals surface area (Å²) in [7, 11) is 4.25. The summed E-state index contributed by atoms with van der Waals surface area (Å²) in [4.78, 5) is 16.7. The molecule has 0 spiro atoms. The minimum Gasteiger partial charge on any atom is -0.343 e. The summed E-state index contributed by atoms with van der Waals surface area (Å²) < 4.78 is 0. The van der Waals surface area contributed by atoms with Gasteiger partial charge in [0.2, 0.25) is 5.91 Å². The van der Waals surface area contributed by atoms with Gasteiger partial charge in [-0.1, -0.05) is 29.8 Å². The summed E-state index contributed by atoms with van der Waals surface area (Å²) in [6.45, 7) is 1.77. The van der Waals surface area contributed by atoms with Gasteiger partial charge in [0.15, 0.2) is 0 Å². The standard InChI is InChI=1S/C17H25ClN2O/c1-19(2)15-7-5-12-20(13-11-15)17(21)10-9-14-6-3-4-8-16(14)18/h3-4,6,8,15H,5,7,9-13H2,1-2H3/t15-/m0/s1. The topological polar surface area (TPSA) is 23.6 Å². The lowest BCUT2D eigenvalue weighted by atomic mass is 10.1. The lowest BCUT2D eigenvalue weighted by molar-refractivity contribution is -0.131. The monoisotopic (exact) mass is 308 g/mol. The number of nitrogens with zero attached hydrogens (tertiary/aromatic N) is 2. The van der Waals surface area contributed by atoms with E-state index >= 15 is 0 Å². The summed E-state index contributed by atoms with van der Waals surface area (Å²) >= 11 is 6.14. The molecule has 0 bridgehead atoms. The van der Waals surface area contributed by atoms with Gasteiger partial charge in [-0.05, 0) is 51.4 Å². The van der Waals surface area contributed by atoms with Crippen LogP contribution in [0, 0.1) is 0 Å². The first-order chi connectivity index (χ1) is 10.1. The summed E-state index contributed by atoms with van der Waals surface area (Å²) in [5.41, 5.74) is 1.06. The maximum atomic E-state index is 12.4. The maximum Gasteiger partial charge on any atom is 0.222 e. The molecule has 1 fully saturated rings. The van der Waals surface area contributed by atoms with E-state index in [9.17, 15) is 4.79 Å². The van der Waals surface area contributed by atoms with Crippen LogP contribution in [0.5, 0.6) is 0 Å². The van der Waals surface area contributed by atoms with Crippen molar-refractivity contribution in [2.75, 3.05) is 27.2 Å². The largest absolute Gasteiger partial charge is 0.343 e. The van der Waals surface area contributed by atoms with E-state index in [4.69, 9.17) is 11.6 Å². The van der Waals surface area contributed by atoms with Crippen LogP contribution in [-0.4, -0.2) is 48.9 Å². The summed E-state index contributed by atoms with van der Waals surface area (Å²) in [5, 5.41) is 0.758. The lowest BCUT2D eigenvalue weighted by Gasteiger charge is -2.23. The molecular weight excluding hydrogens is 284 g/mol. The zero-order valence-corrected chi connectivity index (χ0v) is 13.8. The van der Waals surface area contributed by atoms with Gasteiger partial charge in [-0.15, -0.1) is 0 Å². The number of hydrogen-bond acceptors (Lipinski definition) is 2. The Morgan fingerprint density at radius 2 is 2.05 bits per heavy atom. The molecule has 1 aliphatic heterocycles. The van der Waals surface area contributed by atoms with Gasteiger partial charge in [-0.25, -0.2) is 0 Å². The summed E-state index contributed by atoms with van der Waals surface area (Å²) in [6.07, 6.45) is 4.63. The van der Waals surface area contributed by atoms with Crippen molar-refractivity contribution in [3.63, 3.8) is 0 Å². The molecular formula is C17H25ClN2O. The third-order valence-electron chi connectivity index (χ3n) is 4.35. The predicted octanol–water partition coefficient (Wildman–Crippen LogP) is 3.22. The SMILES string of the molecule is CN(C)[C@H]1CCCN(C(=O)CCc2ccccc2Cl)CC1. The van der Waals surface area contributed by atoms with E-state index in [0.717, 1.165) is 42.9 Å². The van der Waals surface area contributed by atoms with Gasteiger partial charge in [0, 0.05) is 30.6 Å². The molecule has 0 radical (unpaired) electrons. The van der Waals surface area contributed by atoms with Crippen LogP contribution in [0.25, 0.3) is 0 Å². The highest BCUT2D eigenvalue weighted by Gasteiger charge is 2.21. The van der Waals surface area contributed by atoms with Gasteiger partial charge < -0.3 is 9.80 Å². The van der Waals surface area contributed by atoms with Crippen molar-refractivity contribution < 1.29 is 4.79 Å². The van der Waals surface area contributed by atoms with Gasteiger partial charge in [0.05, 0.1) is 0 Å². The number of carbonyl (C=O) groups is 1. The third-order valence-corrected chi connectivity index (χ3v) is 4.72. The molecule has 1 aliphatic rings. The molecule has 1 aromatic carbocycles. The van der Waals surface area contributed by atoms with Crippen LogP contribution < -0.4 is 0 Å². The van der Waals surface area contributed by atoms with Gasteiger partial charge in [0.25, 0.3) is 0 Å². The molecule has 1 saturated heterocycles. The van der Waals surface area contributed by atoms with Gasteiger partial charge in [-0.3, -0.25) is 4.79 Å². The van der Waals surface area contributed by atoms with Gasteiger partial charge >= 0.3 is 0 Å². The van der Waals surface area contributed by atoms with Gasteiger partial charge in [-0.2, -0.15) is 0 Å². The normalized spacial score (nSPS) is 19.6. The number of carbonyl (C=O) groups excluding carboxylic acids is 1. The number of amides is 1. The number of halogens is 1. The molecule has 1 atom stereocenters. The number of aryl methyl sites for hydroxylation is 1. The molecule has 1 heterocycles. The average molecular weight is 309 g/mol. The van der Waals surface area contributed by atoms with E-state index < -0.39 is 0 Å². The Balaban J connectivity index is 1.85. The molecule has 4 heteroatoms. The number of rotatable bonds is 4. The van der Waals surface area contributed by atoms with Crippen molar-refractivity contribution in [1.82, 2.24) is 9.80 Å². The van der Waals surface area contributed by atoms with Crippen LogP contribution in [0.15, 0.2) is 24.3 Å².